The Bertz CT molecular complexity index is 1220. The molecule has 166 valence electrons. The van der Waals surface area contributed by atoms with Gasteiger partial charge in [0.15, 0.2) is 5.13 Å². The van der Waals surface area contributed by atoms with E-state index in [1.54, 1.807) is 35.9 Å². The van der Waals surface area contributed by atoms with Crippen LogP contribution in [0.2, 0.25) is 0 Å². The third-order valence-corrected chi connectivity index (χ3v) is 6.32. The summed E-state index contributed by atoms with van der Waals surface area (Å²) in [6.07, 6.45) is 8.01. The van der Waals surface area contributed by atoms with Crippen molar-refractivity contribution in [3.8, 4) is 22.8 Å². The Balaban J connectivity index is 0.00000245. The van der Waals surface area contributed by atoms with E-state index in [1.165, 1.54) is 6.07 Å². The lowest BCUT2D eigenvalue weighted by Crippen LogP contribution is -2.36. The molecule has 0 spiro atoms. The van der Waals surface area contributed by atoms with Crippen molar-refractivity contribution >= 4 is 26.7 Å². The van der Waals surface area contributed by atoms with E-state index in [0.29, 0.717) is 22.8 Å². The summed E-state index contributed by atoms with van der Waals surface area (Å²) in [6, 6.07) is 10.7. The summed E-state index contributed by atoms with van der Waals surface area (Å²) in [7, 11) is 0. The summed E-state index contributed by atoms with van der Waals surface area (Å²) >= 11 is 1.54. The number of pyridine rings is 2. The second-order valence-electron chi connectivity index (χ2n) is 7.62. The summed E-state index contributed by atoms with van der Waals surface area (Å²) < 4.78 is 20.5. The number of nitrogens with one attached hydrogen (secondary N) is 1. The van der Waals surface area contributed by atoms with Gasteiger partial charge in [0.2, 0.25) is 0 Å². The molecular weight excluding hydrogens is 427 g/mol. The average molecular weight is 453 g/mol. The third-order valence-electron chi connectivity index (χ3n) is 5.37. The minimum Gasteiger partial charge on any atom is -0.457 e. The molecule has 1 aliphatic carbocycles. The number of nitrogens with zero attached hydrogens (tertiary/aromatic N) is 3. The topological polar surface area (TPSA) is 80.2 Å². The number of ether oxygens (including phenoxy) is 1. The molecule has 1 saturated carbocycles. The van der Waals surface area contributed by atoms with Gasteiger partial charge in [0.1, 0.15) is 17.3 Å². The number of anilines is 1. The van der Waals surface area contributed by atoms with Crippen molar-refractivity contribution in [3.63, 3.8) is 0 Å². The Labute approximate surface area is 190 Å². The molecule has 0 saturated heterocycles. The van der Waals surface area contributed by atoms with Crippen LogP contribution in [0.5, 0.6) is 11.5 Å². The molecule has 5 rings (SSSR count). The van der Waals surface area contributed by atoms with Crippen LogP contribution in [-0.4, -0.2) is 32.2 Å². The van der Waals surface area contributed by atoms with Gasteiger partial charge in [0.05, 0.1) is 34.3 Å². The molecule has 8 heteroatoms. The van der Waals surface area contributed by atoms with Crippen LogP contribution in [0, 0.1) is 5.82 Å². The molecule has 0 amide bonds. The standard InChI is InChI=1S/C23H21FN4O2S.CH4/c24-15-9-14(12-25-13-15)20-10-17(7-8-26-20)30-16-5-6-19-22(11-16)31-23(28-19)27-18-3-1-2-4-21(18)29;/h5-13,18,21,29H,1-4H2,(H,27,28);1H4/t18-,21-;/m1./s1. The van der Waals surface area contributed by atoms with Crippen molar-refractivity contribution in [2.45, 2.75) is 45.3 Å². The van der Waals surface area contributed by atoms with Gasteiger partial charge < -0.3 is 15.2 Å². The molecule has 2 atom stereocenters. The Hall–Kier alpha value is -3.10. The number of hydrogen-bond donors (Lipinski definition) is 2. The molecule has 0 unspecified atom stereocenters. The summed E-state index contributed by atoms with van der Waals surface area (Å²) in [5.41, 5.74) is 2.05. The van der Waals surface area contributed by atoms with Gasteiger partial charge in [0, 0.05) is 30.1 Å². The minimum atomic E-state index is -0.411. The Morgan fingerprint density at radius 2 is 1.91 bits per heavy atom. The van der Waals surface area contributed by atoms with Crippen LogP contribution < -0.4 is 10.1 Å². The molecule has 32 heavy (non-hydrogen) atoms. The first-order chi connectivity index (χ1) is 15.1. The van der Waals surface area contributed by atoms with Crippen molar-refractivity contribution in [3.05, 3.63) is 60.8 Å². The number of hydrogen-bond acceptors (Lipinski definition) is 7. The van der Waals surface area contributed by atoms with E-state index in [9.17, 15) is 9.50 Å². The van der Waals surface area contributed by atoms with Crippen LogP contribution in [0.3, 0.4) is 0 Å². The summed E-state index contributed by atoms with van der Waals surface area (Å²) in [5.74, 6) is 0.864. The van der Waals surface area contributed by atoms with Crippen LogP contribution in [0.15, 0.2) is 55.0 Å². The first-order valence-corrected chi connectivity index (χ1v) is 11.1. The molecule has 1 fully saturated rings. The van der Waals surface area contributed by atoms with Gasteiger partial charge in [0.25, 0.3) is 0 Å². The van der Waals surface area contributed by atoms with Crippen molar-refractivity contribution < 1.29 is 14.2 Å². The first kappa shape index (κ1) is 22.1. The summed E-state index contributed by atoms with van der Waals surface area (Å²) in [4.78, 5) is 12.8. The van der Waals surface area contributed by atoms with Crippen LogP contribution in [0.25, 0.3) is 21.5 Å². The smallest absolute Gasteiger partial charge is 0.184 e. The highest BCUT2D eigenvalue weighted by molar-refractivity contribution is 7.22. The predicted molar refractivity (Wildman–Crippen MR) is 126 cm³/mol. The van der Waals surface area contributed by atoms with Crippen molar-refractivity contribution in [2.24, 2.45) is 0 Å². The first-order valence-electron chi connectivity index (χ1n) is 10.2. The van der Waals surface area contributed by atoms with E-state index >= 15 is 0 Å². The summed E-state index contributed by atoms with van der Waals surface area (Å²) in [5, 5.41) is 14.4. The number of fused-ring (bicyclic) bond motifs is 1. The van der Waals surface area contributed by atoms with Gasteiger partial charge >= 0.3 is 0 Å². The molecule has 1 aromatic carbocycles. The lowest BCUT2D eigenvalue weighted by Gasteiger charge is -2.27. The van der Waals surface area contributed by atoms with Crippen LogP contribution in [-0.2, 0) is 0 Å². The molecule has 0 radical (unpaired) electrons. The van der Waals surface area contributed by atoms with E-state index in [1.807, 2.05) is 18.2 Å². The van der Waals surface area contributed by atoms with Crippen molar-refractivity contribution in [2.75, 3.05) is 5.32 Å². The molecule has 0 bridgehead atoms. The lowest BCUT2D eigenvalue weighted by molar-refractivity contribution is 0.116. The molecular formula is C24H25FN4O2S. The number of halogens is 1. The van der Waals surface area contributed by atoms with Gasteiger partial charge in [-0.05, 0) is 37.1 Å². The van der Waals surface area contributed by atoms with Crippen molar-refractivity contribution in [1.29, 1.82) is 0 Å². The summed E-state index contributed by atoms with van der Waals surface area (Å²) in [6.45, 7) is 0. The largest absolute Gasteiger partial charge is 0.457 e. The highest BCUT2D eigenvalue weighted by Crippen LogP contribution is 2.33. The van der Waals surface area contributed by atoms with E-state index in [-0.39, 0.29) is 19.6 Å². The molecule has 3 aromatic heterocycles. The van der Waals surface area contributed by atoms with Gasteiger partial charge in [-0.25, -0.2) is 9.37 Å². The molecule has 2 N–H and O–H groups in total. The fourth-order valence-electron chi connectivity index (χ4n) is 3.79. The Kier molecular flexibility index (Phi) is 6.62. The number of aliphatic hydroxyl groups is 1. The minimum absolute atomic E-state index is 0. The van der Waals surface area contributed by atoms with Gasteiger partial charge in [-0.3, -0.25) is 9.97 Å². The maximum Gasteiger partial charge on any atom is 0.184 e. The monoisotopic (exact) mass is 452 g/mol. The number of aromatic nitrogens is 3. The molecule has 3 heterocycles. The normalized spacial score (nSPS) is 18.2. The van der Waals surface area contributed by atoms with E-state index in [2.05, 4.69) is 20.3 Å². The van der Waals surface area contributed by atoms with Crippen LogP contribution in [0.4, 0.5) is 9.52 Å². The third kappa shape index (κ3) is 4.87. The zero-order valence-electron chi connectivity index (χ0n) is 16.7. The fourth-order valence-corrected chi connectivity index (χ4v) is 4.74. The molecule has 1 aliphatic rings. The van der Waals surface area contributed by atoms with E-state index < -0.39 is 5.82 Å². The zero-order chi connectivity index (χ0) is 21.2. The van der Waals surface area contributed by atoms with E-state index in [0.717, 1.165) is 47.2 Å². The predicted octanol–water partition coefficient (Wildman–Crippen LogP) is 6.04. The number of thiazole rings is 1. The van der Waals surface area contributed by atoms with Gasteiger partial charge in [-0.1, -0.05) is 31.6 Å². The molecule has 0 aliphatic heterocycles. The molecule has 6 nitrogen and oxygen atoms in total. The molecule has 4 aromatic rings. The lowest BCUT2D eigenvalue weighted by atomic mass is 9.93. The highest BCUT2D eigenvalue weighted by atomic mass is 32.1. The van der Waals surface area contributed by atoms with Gasteiger partial charge in [-0.2, -0.15) is 0 Å². The second kappa shape index (κ2) is 9.58. The Morgan fingerprint density at radius 3 is 2.75 bits per heavy atom. The second-order valence-corrected chi connectivity index (χ2v) is 8.65. The van der Waals surface area contributed by atoms with Crippen molar-refractivity contribution in [1.82, 2.24) is 15.0 Å². The van der Waals surface area contributed by atoms with Gasteiger partial charge in [-0.15, -0.1) is 0 Å². The highest BCUT2D eigenvalue weighted by Gasteiger charge is 2.23. The fraction of sp³-hybridized carbons (Fsp3) is 0.292. The SMILES string of the molecule is C.O[C@@H]1CCCC[C@H]1Nc1nc2ccc(Oc3ccnc(-c4cncc(F)c4)c3)cc2s1. The van der Waals surface area contributed by atoms with Crippen LogP contribution >= 0.6 is 11.3 Å². The Morgan fingerprint density at radius 1 is 1.06 bits per heavy atom. The number of aliphatic hydroxyl groups excluding tert-OH is 1. The number of rotatable bonds is 5. The average Bonchev–Trinajstić information content (AvgIpc) is 3.17. The van der Waals surface area contributed by atoms with Crippen LogP contribution in [0.1, 0.15) is 33.1 Å². The zero-order valence-corrected chi connectivity index (χ0v) is 17.5. The number of benzene rings is 1. The maximum atomic E-state index is 13.5. The quantitative estimate of drug-likeness (QED) is 0.384. The van der Waals surface area contributed by atoms with E-state index in [4.69, 9.17) is 4.74 Å². The maximum absolute atomic E-state index is 13.5.